The van der Waals surface area contributed by atoms with Gasteiger partial charge in [-0.25, -0.2) is 0 Å². The Bertz CT molecular complexity index is 441. The number of carbonyl (C=O) groups is 2. The fourth-order valence-corrected chi connectivity index (χ4v) is 1.99. The molecule has 1 aliphatic rings. The minimum Gasteiger partial charge on any atom is -0.393 e. The Morgan fingerprint density at radius 1 is 1.21 bits per heavy atom. The number of hydrogen-bond acceptors (Lipinski definition) is 3. The fraction of sp³-hybridized carbons (Fsp3) is 0.429. The molecule has 0 aromatic heterocycles. The lowest BCUT2D eigenvalue weighted by atomic mass is 9.89. The summed E-state index contributed by atoms with van der Waals surface area (Å²) in [6, 6.07) is 8.98. The largest absolute Gasteiger partial charge is 0.393 e. The van der Waals surface area contributed by atoms with Crippen LogP contribution in [-0.2, 0) is 4.79 Å². The highest BCUT2D eigenvalue weighted by Gasteiger charge is 2.28. The Hall–Kier alpha value is -1.88. The summed E-state index contributed by atoms with van der Waals surface area (Å²) in [5, 5.41) is 14.6. The van der Waals surface area contributed by atoms with Crippen molar-refractivity contribution in [2.45, 2.75) is 31.4 Å². The van der Waals surface area contributed by atoms with Gasteiger partial charge in [0.05, 0.1) is 6.10 Å². The molecular weight excluding hydrogens is 244 g/mol. The summed E-state index contributed by atoms with van der Waals surface area (Å²) >= 11 is 0. The average Bonchev–Trinajstić information content (AvgIpc) is 2.38. The molecule has 5 nitrogen and oxygen atoms in total. The highest BCUT2D eigenvalue weighted by molar-refractivity contribution is 5.94. The predicted octanol–water partition coefficient (Wildman–Crippen LogP) is 0.446. The molecule has 19 heavy (non-hydrogen) atoms. The minimum absolute atomic E-state index is 0.0901. The third-order valence-corrected chi connectivity index (χ3v) is 3.15. The summed E-state index contributed by atoms with van der Waals surface area (Å²) in [5.74, 6) is -0.266. The summed E-state index contributed by atoms with van der Waals surface area (Å²) in [6.45, 7) is 0.314. The van der Waals surface area contributed by atoms with E-state index < -0.39 is 0 Å². The Balaban J connectivity index is 1.63. The van der Waals surface area contributed by atoms with Crippen LogP contribution in [0.2, 0.25) is 0 Å². The zero-order chi connectivity index (χ0) is 13.7. The summed E-state index contributed by atoms with van der Waals surface area (Å²) < 4.78 is 0. The Morgan fingerprint density at radius 2 is 1.89 bits per heavy atom. The van der Waals surface area contributed by atoms with Gasteiger partial charge in [0, 0.05) is 24.6 Å². The van der Waals surface area contributed by atoms with Crippen molar-refractivity contribution >= 4 is 11.8 Å². The van der Waals surface area contributed by atoms with Crippen LogP contribution in [0.15, 0.2) is 30.3 Å². The van der Waals surface area contributed by atoms with Crippen LogP contribution in [0.1, 0.15) is 29.6 Å². The lowest BCUT2D eigenvalue weighted by molar-refractivity contribution is -0.123. The number of benzene rings is 1. The zero-order valence-electron chi connectivity index (χ0n) is 10.6. The summed E-state index contributed by atoms with van der Waals surface area (Å²) in [7, 11) is 0. The van der Waals surface area contributed by atoms with Crippen molar-refractivity contribution in [1.29, 1.82) is 0 Å². The van der Waals surface area contributed by atoms with Gasteiger partial charge in [-0.05, 0) is 25.0 Å². The quantitative estimate of drug-likeness (QED) is 0.720. The van der Waals surface area contributed by atoms with E-state index in [-0.39, 0.29) is 30.4 Å². The molecule has 0 spiro atoms. The van der Waals surface area contributed by atoms with Crippen LogP contribution in [0.3, 0.4) is 0 Å². The number of aliphatic hydroxyl groups excluding tert-OH is 1. The molecule has 2 amide bonds. The first-order valence-corrected chi connectivity index (χ1v) is 6.46. The number of aliphatic hydroxyl groups is 1. The molecule has 0 saturated heterocycles. The molecule has 1 aromatic carbocycles. The summed E-state index contributed by atoms with van der Waals surface area (Å²) in [5.41, 5.74) is 0.588. The molecule has 0 atom stereocenters. The Kier molecular flexibility index (Phi) is 4.52. The van der Waals surface area contributed by atoms with Crippen LogP contribution in [0.4, 0.5) is 0 Å². The van der Waals surface area contributed by atoms with Gasteiger partial charge >= 0.3 is 0 Å². The van der Waals surface area contributed by atoms with Gasteiger partial charge in [0.25, 0.3) is 5.91 Å². The molecule has 0 bridgehead atoms. The van der Waals surface area contributed by atoms with E-state index in [0.29, 0.717) is 24.9 Å². The van der Waals surface area contributed by atoms with Crippen molar-refractivity contribution < 1.29 is 14.7 Å². The molecule has 1 aliphatic carbocycles. The van der Waals surface area contributed by atoms with E-state index in [9.17, 15) is 9.59 Å². The van der Waals surface area contributed by atoms with Crippen LogP contribution in [-0.4, -0.2) is 35.6 Å². The van der Waals surface area contributed by atoms with Gasteiger partial charge in [-0.3, -0.25) is 9.59 Å². The van der Waals surface area contributed by atoms with Gasteiger partial charge in [-0.1, -0.05) is 18.2 Å². The number of hydrogen-bond donors (Lipinski definition) is 3. The maximum absolute atomic E-state index is 11.7. The molecule has 0 radical (unpaired) electrons. The molecular formula is C14H18N2O3. The number of amides is 2. The van der Waals surface area contributed by atoms with E-state index in [1.807, 2.05) is 6.07 Å². The fourth-order valence-electron chi connectivity index (χ4n) is 1.99. The van der Waals surface area contributed by atoms with Gasteiger partial charge < -0.3 is 15.7 Å². The van der Waals surface area contributed by atoms with Crippen molar-refractivity contribution in [2.24, 2.45) is 0 Å². The van der Waals surface area contributed by atoms with Crippen molar-refractivity contribution in [1.82, 2.24) is 10.6 Å². The van der Waals surface area contributed by atoms with Gasteiger partial charge in [0.15, 0.2) is 0 Å². The second-order valence-electron chi connectivity index (χ2n) is 4.76. The molecule has 102 valence electrons. The van der Waals surface area contributed by atoms with Crippen LogP contribution in [0.25, 0.3) is 0 Å². The number of nitrogens with one attached hydrogen (secondary N) is 2. The van der Waals surface area contributed by atoms with Crippen molar-refractivity contribution in [2.75, 3.05) is 6.54 Å². The second-order valence-corrected chi connectivity index (χ2v) is 4.76. The van der Waals surface area contributed by atoms with Crippen LogP contribution >= 0.6 is 0 Å². The average molecular weight is 262 g/mol. The molecule has 3 N–H and O–H groups in total. The minimum atomic E-state index is -0.275. The molecule has 5 heteroatoms. The molecule has 0 aliphatic heterocycles. The first-order valence-electron chi connectivity index (χ1n) is 6.46. The molecule has 2 rings (SSSR count). The lowest BCUT2D eigenvalue weighted by Crippen LogP contribution is -2.47. The standard InChI is InChI=1S/C14H18N2O3/c17-12-8-11(9-12)16-13(18)6-7-15-14(19)10-4-2-1-3-5-10/h1-5,11-12,17H,6-9H2,(H,15,19)(H,16,18). The van der Waals surface area contributed by atoms with E-state index >= 15 is 0 Å². The highest BCUT2D eigenvalue weighted by atomic mass is 16.3. The molecule has 0 unspecified atom stereocenters. The van der Waals surface area contributed by atoms with Gasteiger partial charge in [0.2, 0.25) is 5.91 Å². The topological polar surface area (TPSA) is 78.4 Å². The smallest absolute Gasteiger partial charge is 0.251 e. The third-order valence-electron chi connectivity index (χ3n) is 3.15. The number of rotatable bonds is 5. The van der Waals surface area contributed by atoms with Crippen molar-refractivity contribution in [3.8, 4) is 0 Å². The van der Waals surface area contributed by atoms with Gasteiger partial charge in [-0.15, -0.1) is 0 Å². The maximum atomic E-state index is 11.7. The second kappa shape index (κ2) is 6.33. The van der Waals surface area contributed by atoms with Crippen LogP contribution < -0.4 is 10.6 Å². The molecule has 1 aromatic rings. The summed E-state index contributed by atoms with van der Waals surface area (Å²) in [4.78, 5) is 23.2. The van der Waals surface area contributed by atoms with E-state index in [4.69, 9.17) is 5.11 Å². The number of carbonyl (C=O) groups excluding carboxylic acids is 2. The Labute approximate surface area is 112 Å². The normalized spacial score (nSPS) is 21.3. The third kappa shape index (κ3) is 4.06. The predicted molar refractivity (Wildman–Crippen MR) is 70.6 cm³/mol. The highest BCUT2D eigenvalue weighted by Crippen LogP contribution is 2.19. The summed E-state index contributed by atoms with van der Waals surface area (Å²) in [6.07, 6.45) is 1.23. The zero-order valence-corrected chi connectivity index (χ0v) is 10.6. The SMILES string of the molecule is O=C(CCNC(=O)c1ccccc1)NC1CC(O)C1. The van der Waals surface area contributed by atoms with Crippen molar-refractivity contribution in [3.63, 3.8) is 0 Å². The van der Waals surface area contributed by atoms with Crippen molar-refractivity contribution in [3.05, 3.63) is 35.9 Å². The van der Waals surface area contributed by atoms with Crippen LogP contribution in [0, 0.1) is 0 Å². The first-order chi connectivity index (χ1) is 9.15. The molecule has 1 saturated carbocycles. The molecule has 0 heterocycles. The monoisotopic (exact) mass is 262 g/mol. The Morgan fingerprint density at radius 3 is 2.53 bits per heavy atom. The van der Waals surface area contributed by atoms with E-state index in [0.717, 1.165) is 0 Å². The van der Waals surface area contributed by atoms with Gasteiger partial charge in [-0.2, -0.15) is 0 Å². The van der Waals surface area contributed by atoms with Gasteiger partial charge in [0.1, 0.15) is 0 Å². The van der Waals surface area contributed by atoms with Crippen LogP contribution in [0.5, 0.6) is 0 Å². The van der Waals surface area contributed by atoms with E-state index in [1.165, 1.54) is 0 Å². The molecule has 1 fully saturated rings. The maximum Gasteiger partial charge on any atom is 0.251 e. The lowest BCUT2D eigenvalue weighted by Gasteiger charge is -2.31. The van der Waals surface area contributed by atoms with E-state index in [1.54, 1.807) is 24.3 Å². The van der Waals surface area contributed by atoms with E-state index in [2.05, 4.69) is 10.6 Å². The first kappa shape index (κ1) is 13.5.